The number of alkyl halides is 1. The molecule has 6 heteroatoms. The Morgan fingerprint density at radius 2 is 1.77 bits per heavy atom. The number of rotatable bonds is 5. The highest BCUT2D eigenvalue weighted by molar-refractivity contribution is 6.33. The van der Waals surface area contributed by atoms with Crippen molar-refractivity contribution in [3.8, 4) is 0 Å². The molecule has 0 bridgehead atoms. The summed E-state index contributed by atoms with van der Waals surface area (Å²) in [5, 5.41) is 5.40. The maximum Gasteiger partial charge on any atom is 0.293 e. The van der Waals surface area contributed by atoms with E-state index in [0.29, 0.717) is 22.3 Å². The number of amides is 2. The van der Waals surface area contributed by atoms with Gasteiger partial charge in [-0.15, -0.1) is 11.6 Å². The molecule has 2 N–H and O–H groups in total. The van der Waals surface area contributed by atoms with Crippen LogP contribution in [0.1, 0.15) is 30.0 Å². The summed E-state index contributed by atoms with van der Waals surface area (Å²) in [6.45, 7) is 3.63. The van der Waals surface area contributed by atoms with Crippen LogP contribution in [-0.4, -0.2) is 17.2 Å². The molecule has 26 heavy (non-hydrogen) atoms. The zero-order chi connectivity index (χ0) is 18.7. The van der Waals surface area contributed by atoms with Crippen LogP contribution in [0.5, 0.6) is 0 Å². The molecule has 2 amide bonds. The number of aryl methyl sites for hydroxylation is 1. The molecule has 0 saturated carbocycles. The summed E-state index contributed by atoms with van der Waals surface area (Å²) in [4.78, 5) is 24.8. The lowest BCUT2D eigenvalue weighted by Crippen LogP contribution is -2.22. The quantitative estimate of drug-likeness (QED) is 0.633. The van der Waals surface area contributed by atoms with Crippen molar-refractivity contribution in [1.82, 2.24) is 0 Å². The Hall–Kier alpha value is -2.79. The highest BCUT2D eigenvalue weighted by Gasteiger charge is 2.23. The average molecular weight is 371 g/mol. The Morgan fingerprint density at radius 1 is 1.08 bits per heavy atom. The first-order chi connectivity index (χ1) is 12.5. The van der Waals surface area contributed by atoms with E-state index in [1.165, 1.54) is 5.56 Å². The van der Waals surface area contributed by atoms with Crippen LogP contribution in [0.4, 0.5) is 11.4 Å². The lowest BCUT2D eigenvalue weighted by molar-refractivity contribution is -0.115. The van der Waals surface area contributed by atoms with Crippen molar-refractivity contribution < 1.29 is 14.0 Å². The van der Waals surface area contributed by atoms with Gasteiger partial charge in [-0.05, 0) is 43.2 Å². The van der Waals surface area contributed by atoms with E-state index in [4.69, 9.17) is 16.0 Å². The maximum absolute atomic E-state index is 12.7. The third-order valence-electron chi connectivity index (χ3n) is 4.03. The SMILES string of the molecule is CCc1ccc(NC(=O)c2oc3ccccc3c2NC(=O)[C@@H](C)Cl)cc1. The van der Waals surface area contributed by atoms with Gasteiger partial charge >= 0.3 is 0 Å². The van der Waals surface area contributed by atoms with Gasteiger partial charge in [-0.1, -0.05) is 31.2 Å². The largest absolute Gasteiger partial charge is 0.449 e. The number of benzene rings is 2. The van der Waals surface area contributed by atoms with Crippen LogP contribution >= 0.6 is 11.6 Å². The van der Waals surface area contributed by atoms with Crippen molar-refractivity contribution >= 4 is 45.8 Å². The Kier molecular flexibility index (Phi) is 5.28. The third kappa shape index (κ3) is 3.73. The van der Waals surface area contributed by atoms with Crippen LogP contribution in [0.25, 0.3) is 11.0 Å². The molecule has 3 aromatic rings. The highest BCUT2D eigenvalue weighted by Crippen LogP contribution is 2.31. The second-order valence-electron chi connectivity index (χ2n) is 5.91. The number of carbonyl (C=O) groups excluding carboxylic acids is 2. The topological polar surface area (TPSA) is 71.3 Å². The fourth-order valence-corrected chi connectivity index (χ4v) is 2.62. The number of anilines is 2. The van der Waals surface area contributed by atoms with Crippen molar-refractivity contribution in [1.29, 1.82) is 0 Å². The molecule has 0 aliphatic heterocycles. The van der Waals surface area contributed by atoms with E-state index in [0.717, 1.165) is 6.42 Å². The first-order valence-electron chi connectivity index (χ1n) is 8.36. The number of furan rings is 1. The van der Waals surface area contributed by atoms with E-state index in [9.17, 15) is 9.59 Å². The summed E-state index contributed by atoms with van der Waals surface area (Å²) in [6.07, 6.45) is 0.921. The highest BCUT2D eigenvalue weighted by atomic mass is 35.5. The minimum atomic E-state index is -0.735. The van der Waals surface area contributed by atoms with E-state index in [2.05, 4.69) is 17.6 Å². The first-order valence-corrected chi connectivity index (χ1v) is 8.80. The van der Waals surface area contributed by atoms with E-state index in [1.807, 2.05) is 30.3 Å². The summed E-state index contributed by atoms with van der Waals surface area (Å²) < 4.78 is 5.69. The summed E-state index contributed by atoms with van der Waals surface area (Å²) in [7, 11) is 0. The van der Waals surface area contributed by atoms with Gasteiger partial charge in [0.25, 0.3) is 5.91 Å². The first kappa shape index (κ1) is 18.0. The summed E-state index contributed by atoms with van der Waals surface area (Å²) >= 11 is 5.84. The number of halogens is 1. The molecule has 2 aromatic carbocycles. The molecule has 0 unspecified atom stereocenters. The molecule has 0 saturated heterocycles. The van der Waals surface area contributed by atoms with Crippen LogP contribution < -0.4 is 10.6 Å². The molecule has 134 valence electrons. The van der Waals surface area contributed by atoms with Crippen molar-refractivity contribution in [3.63, 3.8) is 0 Å². The van der Waals surface area contributed by atoms with Gasteiger partial charge in [-0.25, -0.2) is 0 Å². The molecule has 0 aliphatic carbocycles. The smallest absolute Gasteiger partial charge is 0.293 e. The second kappa shape index (κ2) is 7.62. The van der Waals surface area contributed by atoms with Gasteiger partial charge in [0.1, 0.15) is 16.6 Å². The van der Waals surface area contributed by atoms with Gasteiger partial charge in [0.2, 0.25) is 11.7 Å². The van der Waals surface area contributed by atoms with Crippen LogP contribution in [0.15, 0.2) is 52.9 Å². The van der Waals surface area contributed by atoms with E-state index < -0.39 is 17.2 Å². The fraction of sp³-hybridized carbons (Fsp3) is 0.200. The molecular formula is C20H19ClN2O3. The van der Waals surface area contributed by atoms with Gasteiger partial charge in [-0.2, -0.15) is 0 Å². The molecule has 1 aromatic heterocycles. The second-order valence-corrected chi connectivity index (χ2v) is 6.57. The third-order valence-corrected chi connectivity index (χ3v) is 4.23. The van der Waals surface area contributed by atoms with Crippen molar-refractivity contribution in [2.45, 2.75) is 25.6 Å². The van der Waals surface area contributed by atoms with Crippen molar-refractivity contribution in [2.75, 3.05) is 10.6 Å². The maximum atomic E-state index is 12.7. The normalized spacial score (nSPS) is 12.0. The van der Waals surface area contributed by atoms with E-state index in [1.54, 1.807) is 25.1 Å². The molecule has 5 nitrogen and oxygen atoms in total. The standard InChI is InChI=1S/C20H19ClN2O3/c1-3-13-8-10-14(11-9-13)22-20(25)18-17(23-19(24)12(2)21)15-6-4-5-7-16(15)26-18/h4-12H,3H2,1-2H3,(H,22,25)(H,23,24)/t12-/m1/s1. The summed E-state index contributed by atoms with van der Waals surface area (Å²) in [6, 6.07) is 14.7. The fourth-order valence-electron chi connectivity index (χ4n) is 2.56. The molecular weight excluding hydrogens is 352 g/mol. The molecule has 1 atom stereocenters. The molecule has 0 aliphatic rings. The molecule has 1 heterocycles. The van der Waals surface area contributed by atoms with Gasteiger partial charge in [-0.3, -0.25) is 9.59 Å². The monoisotopic (exact) mass is 370 g/mol. The zero-order valence-corrected chi connectivity index (χ0v) is 15.3. The molecule has 0 spiro atoms. The van der Waals surface area contributed by atoms with Gasteiger partial charge < -0.3 is 15.1 Å². The van der Waals surface area contributed by atoms with Gasteiger partial charge in [0.15, 0.2) is 0 Å². The number of hydrogen-bond donors (Lipinski definition) is 2. The predicted octanol–water partition coefficient (Wildman–Crippen LogP) is 4.81. The van der Waals surface area contributed by atoms with Gasteiger partial charge in [0, 0.05) is 11.1 Å². The lowest BCUT2D eigenvalue weighted by atomic mass is 10.1. The van der Waals surface area contributed by atoms with E-state index >= 15 is 0 Å². The summed E-state index contributed by atoms with van der Waals surface area (Å²) in [5.41, 5.74) is 2.66. The van der Waals surface area contributed by atoms with Crippen LogP contribution in [-0.2, 0) is 11.2 Å². The Morgan fingerprint density at radius 3 is 2.42 bits per heavy atom. The number of hydrogen-bond acceptors (Lipinski definition) is 3. The van der Waals surface area contributed by atoms with Crippen molar-refractivity contribution in [2.24, 2.45) is 0 Å². The van der Waals surface area contributed by atoms with Crippen LogP contribution in [0, 0.1) is 0 Å². The van der Waals surface area contributed by atoms with Gasteiger partial charge in [0.05, 0.1) is 0 Å². The number of para-hydroxylation sites is 1. The number of fused-ring (bicyclic) bond motifs is 1. The van der Waals surface area contributed by atoms with Crippen molar-refractivity contribution in [3.05, 3.63) is 59.9 Å². The van der Waals surface area contributed by atoms with Crippen LogP contribution in [0.2, 0.25) is 0 Å². The predicted molar refractivity (Wildman–Crippen MR) is 104 cm³/mol. The average Bonchev–Trinajstić information content (AvgIpc) is 3.01. The molecule has 3 rings (SSSR count). The minimum absolute atomic E-state index is 0.0384. The minimum Gasteiger partial charge on any atom is -0.449 e. The molecule has 0 radical (unpaired) electrons. The zero-order valence-electron chi connectivity index (χ0n) is 14.5. The van der Waals surface area contributed by atoms with Crippen LogP contribution in [0.3, 0.4) is 0 Å². The lowest BCUT2D eigenvalue weighted by Gasteiger charge is -2.08. The number of nitrogens with one attached hydrogen (secondary N) is 2. The van der Waals surface area contributed by atoms with E-state index in [-0.39, 0.29) is 5.76 Å². The Bertz CT molecular complexity index is 945. The summed E-state index contributed by atoms with van der Waals surface area (Å²) in [5.74, 6) is -0.807. The Balaban J connectivity index is 1.94. The molecule has 0 fully saturated rings. The Labute approximate surface area is 156 Å². The number of carbonyl (C=O) groups is 2.